The van der Waals surface area contributed by atoms with E-state index in [9.17, 15) is 14.7 Å². The summed E-state index contributed by atoms with van der Waals surface area (Å²) in [5, 5.41) is 10.1. The lowest BCUT2D eigenvalue weighted by molar-refractivity contribution is -0.147. The van der Waals surface area contributed by atoms with E-state index in [1.54, 1.807) is 44.6 Å². The monoisotopic (exact) mass is 539 g/mol. The summed E-state index contributed by atoms with van der Waals surface area (Å²) in [6, 6.07) is 16.2. The maximum absolute atomic E-state index is 13.9. The van der Waals surface area contributed by atoms with Crippen molar-refractivity contribution in [2.24, 2.45) is 0 Å². The van der Waals surface area contributed by atoms with Crippen LogP contribution in [-0.4, -0.2) is 44.4 Å². The molecule has 38 heavy (non-hydrogen) atoms. The normalized spacial score (nSPS) is 17.0. The number of ether oxygens (including phenoxy) is 4. The summed E-state index contributed by atoms with van der Waals surface area (Å²) in [5.74, 6) is 0.124. The van der Waals surface area contributed by atoms with Gasteiger partial charge < -0.3 is 29.0 Å². The lowest BCUT2D eigenvalue weighted by Crippen LogP contribution is -2.40. The fourth-order valence-electron chi connectivity index (χ4n) is 4.76. The summed E-state index contributed by atoms with van der Waals surface area (Å²) in [6.45, 7) is 2.13. The summed E-state index contributed by atoms with van der Waals surface area (Å²) < 4.78 is 23.0. The number of benzene rings is 3. The average Bonchev–Trinajstić information content (AvgIpc) is 3.02. The van der Waals surface area contributed by atoms with E-state index in [1.807, 2.05) is 31.2 Å². The molecule has 0 radical (unpaired) electrons. The minimum atomic E-state index is -1.26. The standard InChI is InChI=1S/C29H30ClNO7/c1-5-17-7-6-8-21(27(17)37-4)28-22-13-19(30)10-12-23(22)31(29(34)25(38-28)15-26(32)33)16-18-9-11-20(35-2)14-24(18)36-3/h6-14,25,28H,5,15-16H2,1-4H3,(H,32,33)/t25-,28-/m0/s1. The van der Waals surface area contributed by atoms with Gasteiger partial charge in [-0.2, -0.15) is 0 Å². The van der Waals surface area contributed by atoms with Crippen LogP contribution >= 0.6 is 11.6 Å². The van der Waals surface area contributed by atoms with E-state index in [0.717, 1.165) is 5.56 Å². The highest BCUT2D eigenvalue weighted by atomic mass is 35.5. The predicted molar refractivity (Wildman–Crippen MR) is 144 cm³/mol. The number of amides is 1. The van der Waals surface area contributed by atoms with E-state index in [0.29, 0.717) is 51.1 Å². The predicted octanol–water partition coefficient (Wildman–Crippen LogP) is 5.42. The summed E-state index contributed by atoms with van der Waals surface area (Å²) in [4.78, 5) is 27.3. The van der Waals surface area contributed by atoms with Crippen molar-refractivity contribution >= 4 is 29.2 Å². The first-order chi connectivity index (χ1) is 18.3. The molecule has 1 aliphatic rings. The fraction of sp³-hybridized carbons (Fsp3) is 0.310. The number of aliphatic carboxylic acids is 1. The summed E-state index contributed by atoms with van der Waals surface area (Å²) >= 11 is 6.44. The Morgan fingerprint density at radius 3 is 2.45 bits per heavy atom. The van der Waals surface area contributed by atoms with E-state index in [4.69, 9.17) is 30.5 Å². The summed E-state index contributed by atoms with van der Waals surface area (Å²) in [7, 11) is 4.67. The van der Waals surface area contributed by atoms with Gasteiger partial charge in [0.1, 0.15) is 29.5 Å². The largest absolute Gasteiger partial charge is 0.497 e. The zero-order valence-corrected chi connectivity index (χ0v) is 22.4. The molecular formula is C29H30ClNO7. The number of carboxylic acid groups (broad SMARTS) is 1. The number of hydrogen-bond donors (Lipinski definition) is 1. The molecule has 0 aliphatic carbocycles. The minimum Gasteiger partial charge on any atom is -0.497 e. The van der Waals surface area contributed by atoms with Crippen molar-refractivity contribution in [1.29, 1.82) is 0 Å². The summed E-state index contributed by atoms with van der Waals surface area (Å²) in [5.41, 5.74) is 3.53. The molecule has 1 aliphatic heterocycles. The van der Waals surface area contributed by atoms with Crippen molar-refractivity contribution < 1.29 is 33.6 Å². The van der Waals surface area contributed by atoms with E-state index < -0.39 is 30.5 Å². The third-order valence-corrected chi connectivity index (χ3v) is 6.82. The number of carboxylic acids is 1. The van der Waals surface area contributed by atoms with Crippen LogP contribution in [0.5, 0.6) is 17.2 Å². The van der Waals surface area contributed by atoms with E-state index in [2.05, 4.69) is 0 Å². The molecule has 200 valence electrons. The van der Waals surface area contributed by atoms with Crippen LogP contribution in [0.15, 0.2) is 54.6 Å². The molecule has 0 unspecified atom stereocenters. The number of methoxy groups -OCH3 is 3. The molecule has 9 heteroatoms. The van der Waals surface area contributed by atoms with Gasteiger partial charge in [-0.3, -0.25) is 9.59 Å². The number of carbonyl (C=O) groups excluding carboxylic acids is 1. The zero-order chi connectivity index (χ0) is 27.4. The Hall–Kier alpha value is -3.75. The Morgan fingerprint density at radius 1 is 1.00 bits per heavy atom. The highest BCUT2D eigenvalue weighted by Crippen LogP contribution is 2.44. The van der Waals surface area contributed by atoms with Gasteiger partial charge in [-0.15, -0.1) is 0 Å². The number of aryl methyl sites for hydroxylation is 1. The van der Waals surface area contributed by atoms with Crippen LogP contribution in [0, 0.1) is 0 Å². The molecule has 0 saturated heterocycles. The highest BCUT2D eigenvalue weighted by Gasteiger charge is 2.39. The third kappa shape index (κ3) is 5.42. The Labute approximate surface area is 226 Å². The van der Waals surface area contributed by atoms with Crippen molar-refractivity contribution in [2.45, 2.75) is 38.5 Å². The first kappa shape index (κ1) is 27.3. The third-order valence-electron chi connectivity index (χ3n) is 6.58. The first-order valence-corrected chi connectivity index (χ1v) is 12.5. The van der Waals surface area contributed by atoms with Crippen LogP contribution in [-0.2, 0) is 27.3 Å². The lowest BCUT2D eigenvalue weighted by atomic mass is 9.95. The number of rotatable bonds is 9. The number of carbonyl (C=O) groups is 2. The van der Waals surface area contributed by atoms with Crippen LogP contribution in [0.1, 0.15) is 41.7 Å². The van der Waals surface area contributed by atoms with Crippen LogP contribution in [0.4, 0.5) is 5.69 Å². The number of halogens is 1. The highest BCUT2D eigenvalue weighted by molar-refractivity contribution is 6.30. The maximum atomic E-state index is 13.9. The maximum Gasteiger partial charge on any atom is 0.306 e. The van der Waals surface area contributed by atoms with E-state index in [1.165, 1.54) is 12.0 Å². The van der Waals surface area contributed by atoms with Gasteiger partial charge in [0.15, 0.2) is 0 Å². The molecule has 1 heterocycles. The molecule has 0 fully saturated rings. The van der Waals surface area contributed by atoms with Crippen molar-refractivity contribution in [3.63, 3.8) is 0 Å². The van der Waals surface area contributed by atoms with Crippen molar-refractivity contribution in [1.82, 2.24) is 0 Å². The number of fused-ring (bicyclic) bond motifs is 1. The summed E-state index contributed by atoms with van der Waals surface area (Å²) in [6.07, 6.45) is -1.86. The Balaban J connectivity index is 1.91. The van der Waals surface area contributed by atoms with Gasteiger partial charge in [0, 0.05) is 27.8 Å². The number of nitrogens with zero attached hydrogens (tertiary/aromatic N) is 1. The van der Waals surface area contributed by atoms with Gasteiger partial charge in [-0.05, 0) is 42.3 Å². The quantitative estimate of drug-likeness (QED) is 0.388. The molecule has 0 spiro atoms. The van der Waals surface area contributed by atoms with E-state index in [-0.39, 0.29) is 6.54 Å². The first-order valence-electron chi connectivity index (χ1n) is 12.2. The molecule has 2 atom stereocenters. The minimum absolute atomic E-state index is 0.110. The van der Waals surface area contributed by atoms with Crippen molar-refractivity contribution in [3.8, 4) is 17.2 Å². The molecule has 0 saturated carbocycles. The molecular weight excluding hydrogens is 510 g/mol. The second kappa shape index (κ2) is 11.8. The molecule has 1 amide bonds. The smallest absolute Gasteiger partial charge is 0.306 e. The number of hydrogen-bond acceptors (Lipinski definition) is 6. The van der Waals surface area contributed by atoms with Gasteiger partial charge in [0.25, 0.3) is 5.91 Å². The average molecular weight is 540 g/mol. The Kier molecular flexibility index (Phi) is 8.44. The van der Waals surface area contributed by atoms with Crippen LogP contribution in [0.3, 0.4) is 0 Å². The van der Waals surface area contributed by atoms with Crippen molar-refractivity contribution in [2.75, 3.05) is 26.2 Å². The molecule has 4 rings (SSSR count). The fourth-order valence-corrected chi connectivity index (χ4v) is 4.94. The lowest BCUT2D eigenvalue weighted by Gasteiger charge is -2.26. The second-order valence-corrected chi connectivity index (χ2v) is 9.24. The number of para-hydroxylation sites is 1. The SMILES string of the molecule is CCc1cccc([C@@H]2O[C@@H](CC(=O)O)C(=O)N(Cc3ccc(OC)cc3OC)c3ccc(Cl)cc32)c1OC. The van der Waals surface area contributed by atoms with Crippen LogP contribution in [0.25, 0.3) is 0 Å². The number of anilines is 1. The van der Waals surface area contributed by atoms with Gasteiger partial charge in [-0.25, -0.2) is 0 Å². The Morgan fingerprint density at radius 2 is 1.79 bits per heavy atom. The zero-order valence-electron chi connectivity index (χ0n) is 21.7. The van der Waals surface area contributed by atoms with Gasteiger partial charge >= 0.3 is 5.97 Å². The molecule has 0 bridgehead atoms. The van der Waals surface area contributed by atoms with Gasteiger partial charge in [0.05, 0.1) is 40.0 Å². The van der Waals surface area contributed by atoms with Crippen LogP contribution < -0.4 is 19.1 Å². The molecule has 3 aromatic rings. The van der Waals surface area contributed by atoms with Crippen LogP contribution in [0.2, 0.25) is 5.02 Å². The molecule has 3 aromatic carbocycles. The molecule has 8 nitrogen and oxygen atoms in total. The Bertz CT molecular complexity index is 1340. The molecule has 1 N–H and O–H groups in total. The van der Waals surface area contributed by atoms with Crippen molar-refractivity contribution in [3.05, 3.63) is 81.9 Å². The topological polar surface area (TPSA) is 94.5 Å². The second-order valence-electron chi connectivity index (χ2n) is 8.80. The van der Waals surface area contributed by atoms with Gasteiger partial charge in [0.2, 0.25) is 0 Å². The van der Waals surface area contributed by atoms with Gasteiger partial charge in [-0.1, -0.05) is 36.7 Å². The molecule has 0 aromatic heterocycles. The van der Waals surface area contributed by atoms with E-state index >= 15 is 0 Å².